The number of likely N-dealkylation sites (N-methyl/N-ethyl adjacent to an activating group) is 1. The fourth-order valence-corrected chi connectivity index (χ4v) is 3.27. The number of ether oxygens (including phenoxy) is 1. The van der Waals surface area contributed by atoms with Crippen molar-refractivity contribution < 1.29 is 18.8 Å². The molecule has 2 heterocycles. The molecule has 0 spiro atoms. The lowest BCUT2D eigenvalue weighted by atomic mass is 10.0. The summed E-state index contributed by atoms with van der Waals surface area (Å²) in [5.41, 5.74) is 1.60. The summed E-state index contributed by atoms with van der Waals surface area (Å²) in [5.74, 6) is -0.330. The van der Waals surface area contributed by atoms with E-state index in [9.17, 15) is 9.18 Å². The third kappa shape index (κ3) is 5.01. The smallest absolute Gasteiger partial charge is 0.266 e. The highest BCUT2D eigenvalue weighted by molar-refractivity contribution is 5.93. The predicted molar refractivity (Wildman–Crippen MR) is 92.9 cm³/mol. The van der Waals surface area contributed by atoms with Gasteiger partial charge in [-0.3, -0.25) is 4.79 Å². The second kappa shape index (κ2) is 8.43. The number of carbonyl (C=O) groups is 1. The molecule has 1 aromatic rings. The van der Waals surface area contributed by atoms with E-state index >= 15 is 0 Å². The van der Waals surface area contributed by atoms with Gasteiger partial charge in [-0.05, 0) is 43.4 Å². The predicted octanol–water partition coefficient (Wildman–Crippen LogP) is 2.93. The summed E-state index contributed by atoms with van der Waals surface area (Å²) in [6.45, 7) is 1.48. The second-order valence-electron chi connectivity index (χ2n) is 6.80. The largest absolute Gasteiger partial charge is 0.382 e. The average molecular weight is 348 g/mol. The van der Waals surface area contributed by atoms with Crippen LogP contribution in [0.2, 0.25) is 0 Å². The minimum atomic E-state index is -0.569. The Morgan fingerprint density at radius 3 is 3.04 bits per heavy atom. The molecule has 0 bridgehead atoms. The van der Waals surface area contributed by atoms with Crippen LogP contribution in [0.4, 0.5) is 4.39 Å². The van der Waals surface area contributed by atoms with Crippen LogP contribution in [0.25, 0.3) is 0 Å². The zero-order chi connectivity index (χ0) is 17.6. The van der Waals surface area contributed by atoms with Gasteiger partial charge in [0.2, 0.25) is 6.10 Å². The van der Waals surface area contributed by atoms with Crippen molar-refractivity contribution in [1.29, 1.82) is 0 Å². The lowest BCUT2D eigenvalue weighted by Gasteiger charge is -2.26. The molecule has 0 N–H and O–H groups in total. The number of hydrogen-bond acceptors (Lipinski definition) is 4. The number of rotatable bonds is 6. The van der Waals surface area contributed by atoms with Crippen LogP contribution < -0.4 is 0 Å². The third-order valence-corrected chi connectivity index (χ3v) is 4.74. The highest BCUT2D eigenvalue weighted by Gasteiger charge is 2.30. The van der Waals surface area contributed by atoms with Crippen molar-refractivity contribution in [1.82, 2.24) is 4.90 Å². The quantitative estimate of drug-likeness (QED) is 0.794. The molecule has 3 rings (SSSR count). The number of nitrogens with zero attached hydrogens (tertiary/aromatic N) is 2. The Kier molecular flexibility index (Phi) is 6.02. The van der Waals surface area contributed by atoms with Gasteiger partial charge >= 0.3 is 0 Å². The van der Waals surface area contributed by atoms with E-state index in [1.54, 1.807) is 18.0 Å². The maximum Gasteiger partial charge on any atom is 0.266 e. The van der Waals surface area contributed by atoms with Crippen LogP contribution >= 0.6 is 0 Å². The van der Waals surface area contributed by atoms with Crippen molar-refractivity contribution in [2.75, 3.05) is 20.2 Å². The molecule has 136 valence electrons. The van der Waals surface area contributed by atoms with Crippen LogP contribution in [0.5, 0.6) is 0 Å². The Labute approximate surface area is 147 Å². The molecule has 1 fully saturated rings. The zero-order valence-corrected chi connectivity index (χ0v) is 14.6. The Morgan fingerprint density at radius 1 is 1.40 bits per heavy atom. The Morgan fingerprint density at radius 2 is 2.28 bits per heavy atom. The van der Waals surface area contributed by atoms with Crippen molar-refractivity contribution in [3.63, 3.8) is 0 Å². The molecule has 2 unspecified atom stereocenters. The summed E-state index contributed by atoms with van der Waals surface area (Å²) < 4.78 is 19.0. The van der Waals surface area contributed by atoms with Crippen molar-refractivity contribution in [3.8, 4) is 0 Å². The van der Waals surface area contributed by atoms with E-state index in [2.05, 4.69) is 5.16 Å². The minimum absolute atomic E-state index is 0.0613. The van der Waals surface area contributed by atoms with Crippen LogP contribution in [-0.2, 0) is 20.8 Å². The third-order valence-electron chi connectivity index (χ3n) is 4.74. The summed E-state index contributed by atoms with van der Waals surface area (Å²) >= 11 is 0. The van der Waals surface area contributed by atoms with Crippen molar-refractivity contribution >= 4 is 11.6 Å². The first-order valence-corrected chi connectivity index (χ1v) is 8.94. The van der Waals surface area contributed by atoms with E-state index in [4.69, 9.17) is 9.57 Å². The molecule has 1 aromatic carbocycles. The molecular formula is C19H25FN2O3. The van der Waals surface area contributed by atoms with Crippen LogP contribution in [0.1, 0.15) is 37.7 Å². The van der Waals surface area contributed by atoms with Crippen molar-refractivity contribution in [2.24, 2.45) is 5.16 Å². The maximum atomic E-state index is 13.2. The first-order valence-electron chi connectivity index (χ1n) is 8.94. The van der Waals surface area contributed by atoms with E-state index in [0.717, 1.165) is 37.1 Å². The Hall–Kier alpha value is -1.95. The monoisotopic (exact) mass is 348 g/mol. The van der Waals surface area contributed by atoms with E-state index < -0.39 is 6.10 Å². The van der Waals surface area contributed by atoms with E-state index in [1.165, 1.54) is 18.6 Å². The van der Waals surface area contributed by atoms with E-state index in [0.29, 0.717) is 19.4 Å². The highest BCUT2D eigenvalue weighted by atomic mass is 19.1. The highest BCUT2D eigenvalue weighted by Crippen LogP contribution is 2.19. The number of oxime groups is 1. The molecule has 2 aliphatic rings. The normalized spacial score (nSPS) is 23.0. The maximum absolute atomic E-state index is 13.2. The number of carbonyl (C=O) groups excluding carboxylic acids is 1. The molecular weight excluding hydrogens is 323 g/mol. The van der Waals surface area contributed by atoms with E-state index in [1.807, 2.05) is 6.07 Å². The van der Waals surface area contributed by atoms with Gasteiger partial charge in [0.15, 0.2) is 0 Å². The lowest BCUT2D eigenvalue weighted by molar-refractivity contribution is -0.141. The van der Waals surface area contributed by atoms with Gasteiger partial charge in [0.1, 0.15) is 5.82 Å². The summed E-state index contributed by atoms with van der Waals surface area (Å²) in [4.78, 5) is 19.5. The number of halogens is 1. The van der Waals surface area contributed by atoms with Crippen molar-refractivity contribution in [3.05, 3.63) is 35.6 Å². The van der Waals surface area contributed by atoms with Crippen LogP contribution in [0.3, 0.4) is 0 Å². The van der Waals surface area contributed by atoms with Crippen LogP contribution in [0.15, 0.2) is 29.4 Å². The molecule has 0 aliphatic carbocycles. The fourth-order valence-electron chi connectivity index (χ4n) is 3.27. The van der Waals surface area contributed by atoms with Gasteiger partial charge in [0.25, 0.3) is 5.91 Å². The molecule has 6 heteroatoms. The number of amides is 1. The minimum Gasteiger partial charge on any atom is -0.382 e. The molecule has 2 aliphatic heterocycles. The Bertz CT molecular complexity index is 629. The van der Waals surface area contributed by atoms with Gasteiger partial charge < -0.3 is 14.5 Å². The average Bonchev–Trinajstić information content (AvgIpc) is 3.08. The molecule has 1 amide bonds. The van der Waals surface area contributed by atoms with Gasteiger partial charge in [-0.15, -0.1) is 0 Å². The molecule has 5 nitrogen and oxygen atoms in total. The number of benzene rings is 1. The molecule has 2 atom stereocenters. The number of hydrogen-bond donors (Lipinski definition) is 0. The molecule has 0 aromatic heterocycles. The SMILES string of the molecule is CN(CCC1CCCCO1)C(=O)C1CC(Cc2cccc(F)c2)=NO1. The first-order chi connectivity index (χ1) is 12.1. The zero-order valence-electron chi connectivity index (χ0n) is 14.6. The Balaban J connectivity index is 1.44. The van der Waals surface area contributed by atoms with Crippen LogP contribution in [0, 0.1) is 5.82 Å². The lowest BCUT2D eigenvalue weighted by Crippen LogP contribution is -2.38. The summed E-state index contributed by atoms with van der Waals surface area (Å²) in [6.07, 6.45) is 4.90. The summed E-state index contributed by atoms with van der Waals surface area (Å²) in [6, 6.07) is 6.41. The van der Waals surface area contributed by atoms with Gasteiger partial charge in [0, 0.05) is 33.0 Å². The van der Waals surface area contributed by atoms with E-state index in [-0.39, 0.29) is 17.8 Å². The topological polar surface area (TPSA) is 51.1 Å². The fraction of sp³-hybridized carbons (Fsp3) is 0.579. The van der Waals surface area contributed by atoms with Gasteiger partial charge in [0.05, 0.1) is 11.8 Å². The van der Waals surface area contributed by atoms with Crippen LogP contribution in [-0.4, -0.2) is 48.9 Å². The van der Waals surface area contributed by atoms with Crippen molar-refractivity contribution in [2.45, 2.75) is 50.7 Å². The first kappa shape index (κ1) is 17.9. The summed E-state index contributed by atoms with van der Waals surface area (Å²) in [7, 11) is 1.79. The molecule has 1 saturated heterocycles. The van der Waals surface area contributed by atoms with Gasteiger partial charge in [-0.2, -0.15) is 0 Å². The molecule has 0 radical (unpaired) electrons. The van der Waals surface area contributed by atoms with Gasteiger partial charge in [-0.1, -0.05) is 17.3 Å². The summed E-state index contributed by atoms with van der Waals surface area (Å²) in [5, 5.41) is 4.02. The standard InChI is InChI=1S/C19H25FN2O3/c1-22(9-8-17-7-2-3-10-24-17)19(23)18-13-16(21-25-18)12-14-5-4-6-15(20)11-14/h4-6,11,17-18H,2-3,7-10,12-13H2,1H3. The second-order valence-corrected chi connectivity index (χ2v) is 6.80. The van der Waals surface area contributed by atoms with Gasteiger partial charge in [-0.25, -0.2) is 4.39 Å². The molecule has 25 heavy (non-hydrogen) atoms. The molecule has 0 saturated carbocycles.